The van der Waals surface area contributed by atoms with Crippen LogP contribution in [0.25, 0.3) is 0 Å². The van der Waals surface area contributed by atoms with Gasteiger partial charge in [0.25, 0.3) is 0 Å². The maximum absolute atomic E-state index is 5.87. The number of nitrogens with two attached hydrogens (primary N) is 1. The molecule has 0 unspecified atom stereocenters. The van der Waals surface area contributed by atoms with Gasteiger partial charge in [-0.15, -0.1) is 0 Å². The van der Waals surface area contributed by atoms with E-state index in [2.05, 4.69) is 43.3 Å². The van der Waals surface area contributed by atoms with Crippen molar-refractivity contribution >= 4 is 5.69 Å². The number of unbranched alkanes of at least 4 members (excludes halogenated alkanes) is 3. The average molecular weight is 350 g/mol. The number of anilines is 1. The molecule has 0 amide bonds. The van der Waals surface area contributed by atoms with Gasteiger partial charge in [0.15, 0.2) is 0 Å². The molecule has 1 aliphatic carbocycles. The van der Waals surface area contributed by atoms with E-state index in [4.69, 9.17) is 5.73 Å². The summed E-state index contributed by atoms with van der Waals surface area (Å²) in [6.45, 7) is 2.30. The minimum absolute atomic E-state index is 0.413. The zero-order chi connectivity index (χ0) is 18.2. The summed E-state index contributed by atoms with van der Waals surface area (Å²) in [7, 11) is 0. The van der Waals surface area contributed by atoms with Crippen molar-refractivity contribution in [1.82, 2.24) is 0 Å². The maximum atomic E-state index is 5.87. The summed E-state index contributed by atoms with van der Waals surface area (Å²) in [6.07, 6.45) is 14.8. The third-order valence-corrected chi connectivity index (χ3v) is 6.28. The first kappa shape index (κ1) is 19.0. The largest absolute Gasteiger partial charge is 0.399 e. The van der Waals surface area contributed by atoms with E-state index in [1.54, 1.807) is 5.56 Å². The monoisotopic (exact) mass is 349 g/mol. The molecule has 1 nitrogen and oxygen atoms in total. The highest BCUT2D eigenvalue weighted by molar-refractivity contribution is 5.43. The van der Waals surface area contributed by atoms with Crippen LogP contribution in [0.3, 0.4) is 0 Å². The third kappa shape index (κ3) is 4.69. The third-order valence-electron chi connectivity index (χ3n) is 6.28. The highest BCUT2D eigenvalue weighted by Gasteiger charge is 2.34. The molecule has 1 fully saturated rings. The van der Waals surface area contributed by atoms with Crippen LogP contribution in [0, 0.1) is 0 Å². The molecule has 2 aromatic carbocycles. The molecule has 140 valence electrons. The Morgan fingerprint density at radius 2 is 1.58 bits per heavy atom. The van der Waals surface area contributed by atoms with E-state index in [9.17, 15) is 0 Å². The highest BCUT2D eigenvalue weighted by Crippen LogP contribution is 2.45. The summed E-state index contributed by atoms with van der Waals surface area (Å²) in [6, 6.07) is 17.7. The number of benzene rings is 2. The van der Waals surface area contributed by atoms with Crippen molar-refractivity contribution in [2.75, 3.05) is 5.73 Å². The van der Waals surface area contributed by atoms with Crippen LogP contribution in [0.5, 0.6) is 0 Å². The highest BCUT2D eigenvalue weighted by atomic mass is 14.5. The van der Waals surface area contributed by atoms with Crippen molar-refractivity contribution in [3.05, 3.63) is 65.2 Å². The Labute approximate surface area is 160 Å². The molecular formula is C25H35N. The van der Waals surface area contributed by atoms with Crippen LogP contribution in [0.1, 0.15) is 87.8 Å². The zero-order valence-electron chi connectivity index (χ0n) is 16.5. The molecule has 0 heterocycles. The summed E-state index contributed by atoms with van der Waals surface area (Å²) < 4.78 is 0. The van der Waals surface area contributed by atoms with E-state index in [1.165, 1.54) is 75.3 Å². The Bertz CT molecular complexity index is 665. The first-order valence-electron chi connectivity index (χ1n) is 10.7. The minimum Gasteiger partial charge on any atom is -0.399 e. The summed E-state index contributed by atoms with van der Waals surface area (Å²) in [5.74, 6) is 0. The van der Waals surface area contributed by atoms with Crippen LogP contribution in [0.15, 0.2) is 48.5 Å². The molecule has 1 aliphatic rings. The Morgan fingerprint density at radius 1 is 0.846 bits per heavy atom. The molecule has 0 spiro atoms. The topological polar surface area (TPSA) is 26.0 Å². The van der Waals surface area contributed by atoms with Gasteiger partial charge in [0, 0.05) is 5.69 Å². The fraction of sp³-hybridized carbons (Fsp3) is 0.520. The summed E-state index contributed by atoms with van der Waals surface area (Å²) in [4.78, 5) is 0. The molecule has 1 saturated carbocycles. The molecule has 26 heavy (non-hydrogen) atoms. The molecule has 1 heteroatoms. The van der Waals surface area contributed by atoms with Gasteiger partial charge in [-0.05, 0) is 59.9 Å². The average Bonchev–Trinajstić information content (AvgIpc) is 2.68. The minimum atomic E-state index is 0.413. The van der Waals surface area contributed by atoms with Gasteiger partial charge in [-0.2, -0.15) is 0 Å². The lowest BCUT2D eigenvalue weighted by molar-refractivity contribution is 0.264. The van der Waals surface area contributed by atoms with E-state index >= 15 is 0 Å². The SMILES string of the molecule is CCCCCCC1(c2ccccc2Cc2ccc(N)cc2)CCCCC1. The van der Waals surface area contributed by atoms with E-state index in [0.717, 1.165) is 12.1 Å². The van der Waals surface area contributed by atoms with E-state index in [-0.39, 0.29) is 0 Å². The fourth-order valence-corrected chi connectivity index (χ4v) is 4.82. The lowest BCUT2D eigenvalue weighted by Gasteiger charge is -2.39. The van der Waals surface area contributed by atoms with Gasteiger partial charge in [0.2, 0.25) is 0 Å². The number of hydrogen-bond donors (Lipinski definition) is 1. The normalized spacial score (nSPS) is 16.5. The first-order chi connectivity index (χ1) is 12.7. The lowest BCUT2D eigenvalue weighted by atomic mass is 9.65. The van der Waals surface area contributed by atoms with Gasteiger partial charge in [-0.25, -0.2) is 0 Å². The second-order valence-corrected chi connectivity index (χ2v) is 8.23. The van der Waals surface area contributed by atoms with Gasteiger partial charge >= 0.3 is 0 Å². The van der Waals surface area contributed by atoms with Gasteiger partial charge in [0.05, 0.1) is 0 Å². The van der Waals surface area contributed by atoms with Crippen molar-refractivity contribution < 1.29 is 0 Å². The number of nitrogen functional groups attached to an aromatic ring is 1. The molecule has 3 rings (SSSR count). The van der Waals surface area contributed by atoms with Crippen LogP contribution < -0.4 is 5.73 Å². The summed E-state index contributed by atoms with van der Waals surface area (Å²) in [5.41, 5.74) is 11.6. The molecular weight excluding hydrogens is 314 g/mol. The second-order valence-electron chi connectivity index (χ2n) is 8.23. The van der Waals surface area contributed by atoms with Crippen LogP contribution in [-0.4, -0.2) is 0 Å². The van der Waals surface area contributed by atoms with Gasteiger partial charge < -0.3 is 5.73 Å². The molecule has 0 aromatic heterocycles. The van der Waals surface area contributed by atoms with E-state index in [0.29, 0.717) is 5.41 Å². The van der Waals surface area contributed by atoms with Gasteiger partial charge in [0.1, 0.15) is 0 Å². The van der Waals surface area contributed by atoms with Crippen LogP contribution >= 0.6 is 0 Å². The Morgan fingerprint density at radius 3 is 2.31 bits per heavy atom. The Hall–Kier alpha value is -1.76. The summed E-state index contributed by atoms with van der Waals surface area (Å²) in [5, 5.41) is 0. The smallest absolute Gasteiger partial charge is 0.0314 e. The van der Waals surface area contributed by atoms with Gasteiger partial charge in [-0.3, -0.25) is 0 Å². The molecule has 2 aromatic rings. The fourth-order valence-electron chi connectivity index (χ4n) is 4.82. The first-order valence-corrected chi connectivity index (χ1v) is 10.7. The van der Waals surface area contributed by atoms with Crippen LogP contribution in [0.2, 0.25) is 0 Å². The Kier molecular flexibility index (Phi) is 6.77. The van der Waals surface area contributed by atoms with E-state index in [1.807, 2.05) is 12.1 Å². The number of hydrogen-bond acceptors (Lipinski definition) is 1. The predicted molar refractivity (Wildman–Crippen MR) is 114 cm³/mol. The molecule has 0 saturated heterocycles. The predicted octanol–water partition coefficient (Wildman–Crippen LogP) is 7.03. The standard InChI is InChI=1S/C25H35N/c1-2-3-4-8-17-25(18-9-5-10-19-25)24-12-7-6-11-22(24)20-21-13-15-23(26)16-14-21/h6-7,11-16H,2-5,8-10,17-20,26H2,1H3. The van der Waals surface area contributed by atoms with Crippen molar-refractivity contribution in [3.8, 4) is 0 Å². The zero-order valence-corrected chi connectivity index (χ0v) is 16.5. The summed E-state index contributed by atoms with van der Waals surface area (Å²) >= 11 is 0. The molecule has 0 aliphatic heterocycles. The molecule has 0 bridgehead atoms. The van der Waals surface area contributed by atoms with Crippen molar-refractivity contribution in [1.29, 1.82) is 0 Å². The maximum Gasteiger partial charge on any atom is 0.0314 e. The quantitative estimate of drug-likeness (QED) is 0.402. The molecule has 2 N–H and O–H groups in total. The van der Waals surface area contributed by atoms with Crippen LogP contribution in [0.4, 0.5) is 5.69 Å². The number of rotatable bonds is 8. The van der Waals surface area contributed by atoms with Crippen LogP contribution in [-0.2, 0) is 11.8 Å². The van der Waals surface area contributed by atoms with Crippen molar-refractivity contribution in [2.24, 2.45) is 0 Å². The Balaban J connectivity index is 1.85. The van der Waals surface area contributed by atoms with Gasteiger partial charge in [-0.1, -0.05) is 88.3 Å². The second kappa shape index (κ2) is 9.26. The lowest BCUT2D eigenvalue weighted by Crippen LogP contribution is -2.30. The van der Waals surface area contributed by atoms with Crippen molar-refractivity contribution in [2.45, 2.75) is 83.0 Å². The van der Waals surface area contributed by atoms with Crippen molar-refractivity contribution in [3.63, 3.8) is 0 Å². The molecule has 0 atom stereocenters. The van der Waals surface area contributed by atoms with E-state index < -0.39 is 0 Å². The molecule has 0 radical (unpaired) electrons.